The van der Waals surface area contributed by atoms with Gasteiger partial charge in [0.1, 0.15) is 5.75 Å². The summed E-state index contributed by atoms with van der Waals surface area (Å²) in [4.78, 5) is 14.0. The zero-order chi connectivity index (χ0) is 12.3. The van der Waals surface area contributed by atoms with E-state index in [1.807, 2.05) is 47.0 Å². The van der Waals surface area contributed by atoms with E-state index in [0.29, 0.717) is 31.9 Å². The molecule has 92 valence electrons. The third-order valence-corrected chi connectivity index (χ3v) is 3.29. The first-order valence-corrected chi connectivity index (χ1v) is 6.36. The Hall–Kier alpha value is -0.820. The molecule has 17 heavy (non-hydrogen) atoms. The van der Waals surface area contributed by atoms with Gasteiger partial charge in [-0.1, -0.05) is 6.07 Å². The van der Waals surface area contributed by atoms with Crippen LogP contribution in [0, 0.1) is 6.92 Å². The van der Waals surface area contributed by atoms with Gasteiger partial charge >= 0.3 is 0 Å². The van der Waals surface area contributed by atoms with Crippen LogP contribution in [0.25, 0.3) is 0 Å². The summed E-state index contributed by atoms with van der Waals surface area (Å²) in [5.74, 6) is 0.785. The highest BCUT2D eigenvalue weighted by atomic mass is 127. The average Bonchev–Trinajstić information content (AvgIpc) is 2.39. The van der Waals surface area contributed by atoms with Gasteiger partial charge in [-0.3, -0.25) is 4.79 Å². The van der Waals surface area contributed by atoms with Gasteiger partial charge in [0.25, 0.3) is 5.91 Å². The first-order chi connectivity index (χ1) is 8.22. The van der Waals surface area contributed by atoms with Crippen molar-refractivity contribution >= 4 is 28.9 Å². The number of carbonyl (C=O) groups is 1. The predicted octanol–water partition coefficient (Wildman–Crippen LogP) is 2.20. The van der Waals surface area contributed by atoms with Crippen LogP contribution in [0.4, 0.5) is 0 Å². The number of amides is 1. The van der Waals surface area contributed by atoms with E-state index in [4.69, 9.17) is 7.80 Å². The maximum absolute atomic E-state index is 12.2. The second kappa shape index (κ2) is 5.68. The molecule has 2 rings (SSSR count). The molecule has 0 bridgehead atoms. The lowest BCUT2D eigenvalue weighted by molar-refractivity contribution is 0.0303. The second-order valence-electron chi connectivity index (χ2n) is 3.96. The second-order valence-corrected chi connectivity index (χ2v) is 4.40. The van der Waals surface area contributed by atoms with E-state index < -0.39 is 0 Å². The molecule has 1 fully saturated rings. The third-order valence-electron chi connectivity index (χ3n) is 2.82. The minimum atomic E-state index is 0.0444. The Morgan fingerprint density at radius 1 is 1.41 bits per heavy atom. The number of morpholine rings is 1. The van der Waals surface area contributed by atoms with Gasteiger partial charge in [0.2, 0.25) is 0 Å². The van der Waals surface area contributed by atoms with E-state index in [2.05, 4.69) is 0 Å². The van der Waals surface area contributed by atoms with Crippen molar-refractivity contribution < 1.29 is 12.6 Å². The summed E-state index contributed by atoms with van der Waals surface area (Å²) in [7, 11) is 0. The number of benzene rings is 1. The highest BCUT2D eigenvalue weighted by molar-refractivity contribution is 14.1. The van der Waals surface area contributed by atoms with Gasteiger partial charge in [0.15, 0.2) is 23.0 Å². The summed E-state index contributed by atoms with van der Waals surface area (Å²) in [5.41, 5.74) is 1.70. The van der Waals surface area contributed by atoms with Crippen LogP contribution in [0.2, 0.25) is 0 Å². The molecule has 5 heteroatoms. The molecule has 4 nitrogen and oxygen atoms in total. The molecule has 1 aliphatic heterocycles. The van der Waals surface area contributed by atoms with Crippen molar-refractivity contribution in [3.8, 4) is 5.75 Å². The molecule has 1 amide bonds. The number of hydrogen-bond acceptors (Lipinski definition) is 3. The molecule has 1 aromatic carbocycles. The molecule has 0 radical (unpaired) electrons. The molecule has 1 aliphatic rings. The standard InChI is InChI=1S/C12H14INO3/c1-9-2-3-10(8-11(9)17-13)12(15)14-4-6-16-7-5-14/h2-3,8H,4-7H2,1H3. The van der Waals surface area contributed by atoms with Gasteiger partial charge in [-0.05, 0) is 24.6 Å². The highest BCUT2D eigenvalue weighted by Crippen LogP contribution is 2.22. The summed E-state index contributed by atoms with van der Waals surface area (Å²) in [6.45, 7) is 4.51. The lowest BCUT2D eigenvalue weighted by Gasteiger charge is -2.27. The molecule has 0 aliphatic carbocycles. The van der Waals surface area contributed by atoms with Gasteiger partial charge < -0.3 is 12.7 Å². The fourth-order valence-corrected chi connectivity index (χ4v) is 2.24. The molecule has 0 N–H and O–H groups in total. The van der Waals surface area contributed by atoms with Gasteiger partial charge in [-0.15, -0.1) is 0 Å². The largest absolute Gasteiger partial charge is 0.427 e. The van der Waals surface area contributed by atoms with Crippen LogP contribution >= 0.6 is 23.0 Å². The maximum Gasteiger partial charge on any atom is 0.254 e. The van der Waals surface area contributed by atoms with Gasteiger partial charge in [-0.2, -0.15) is 0 Å². The zero-order valence-electron chi connectivity index (χ0n) is 9.61. The van der Waals surface area contributed by atoms with E-state index in [1.54, 1.807) is 6.07 Å². The minimum Gasteiger partial charge on any atom is -0.427 e. The van der Waals surface area contributed by atoms with Gasteiger partial charge in [0, 0.05) is 18.7 Å². The summed E-state index contributed by atoms with van der Waals surface area (Å²) in [5, 5.41) is 0. The van der Waals surface area contributed by atoms with Crippen LogP contribution in [0.1, 0.15) is 15.9 Å². The van der Waals surface area contributed by atoms with Crippen LogP contribution in [0.15, 0.2) is 18.2 Å². The lowest BCUT2D eigenvalue weighted by Crippen LogP contribution is -2.40. The Balaban J connectivity index is 2.18. The van der Waals surface area contributed by atoms with Crippen molar-refractivity contribution in [2.75, 3.05) is 26.3 Å². The monoisotopic (exact) mass is 347 g/mol. The molecule has 0 atom stereocenters. The van der Waals surface area contributed by atoms with Crippen molar-refractivity contribution in [2.24, 2.45) is 0 Å². The van der Waals surface area contributed by atoms with E-state index in [1.165, 1.54) is 0 Å². The van der Waals surface area contributed by atoms with Crippen LogP contribution < -0.4 is 3.07 Å². The predicted molar refractivity (Wildman–Crippen MR) is 72.5 cm³/mol. The van der Waals surface area contributed by atoms with Crippen molar-refractivity contribution in [1.82, 2.24) is 4.90 Å². The Labute approximate surface area is 115 Å². The van der Waals surface area contributed by atoms with Gasteiger partial charge in [-0.25, -0.2) is 0 Å². The Morgan fingerprint density at radius 3 is 2.76 bits per heavy atom. The SMILES string of the molecule is Cc1ccc(C(=O)N2CCOCC2)cc1OI. The molecule has 0 spiro atoms. The fraction of sp³-hybridized carbons (Fsp3) is 0.417. The number of halogens is 1. The normalized spacial score (nSPS) is 15.8. The van der Waals surface area contributed by atoms with Crippen LogP contribution in [-0.4, -0.2) is 37.1 Å². The van der Waals surface area contributed by atoms with Crippen LogP contribution in [-0.2, 0) is 4.74 Å². The van der Waals surface area contributed by atoms with E-state index in [-0.39, 0.29) is 5.91 Å². The number of nitrogens with zero attached hydrogens (tertiary/aromatic N) is 1. The quantitative estimate of drug-likeness (QED) is 0.770. The van der Waals surface area contributed by atoms with E-state index >= 15 is 0 Å². The summed E-state index contributed by atoms with van der Waals surface area (Å²) < 4.78 is 10.4. The molecule has 1 heterocycles. The fourth-order valence-electron chi connectivity index (χ4n) is 1.77. The number of carbonyl (C=O) groups excluding carboxylic acids is 1. The van der Waals surface area contributed by atoms with Gasteiger partial charge in [0.05, 0.1) is 13.2 Å². The number of hydrogen-bond donors (Lipinski definition) is 0. The molecule has 0 unspecified atom stereocenters. The number of aryl methyl sites for hydroxylation is 1. The lowest BCUT2D eigenvalue weighted by atomic mass is 10.1. The van der Waals surface area contributed by atoms with Crippen molar-refractivity contribution in [3.63, 3.8) is 0 Å². The van der Waals surface area contributed by atoms with Crippen LogP contribution in [0.5, 0.6) is 5.75 Å². The Morgan fingerprint density at radius 2 is 2.12 bits per heavy atom. The molecule has 1 saturated heterocycles. The highest BCUT2D eigenvalue weighted by Gasteiger charge is 2.19. The van der Waals surface area contributed by atoms with E-state index in [9.17, 15) is 4.79 Å². The smallest absolute Gasteiger partial charge is 0.254 e. The average molecular weight is 347 g/mol. The summed E-state index contributed by atoms with van der Waals surface area (Å²) >= 11 is 1.83. The Bertz CT molecular complexity index is 416. The first-order valence-electron chi connectivity index (χ1n) is 5.48. The molecule has 1 aromatic rings. The van der Waals surface area contributed by atoms with Crippen molar-refractivity contribution in [1.29, 1.82) is 0 Å². The molecular formula is C12H14INO3. The van der Waals surface area contributed by atoms with Crippen molar-refractivity contribution in [3.05, 3.63) is 29.3 Å². The zero-order valence-corrected chi connectivity index (χ0v) is 11.8. The summed E-state index contributed by atoms with van der Waals surface area (Å²) in [6, 6.07) is 5.54. The third kappa shape index (κ3) is 2.90. The number of rotatable bonds is 2. The summed E-state index contributed by atoms with van der Waals surface area (Å²) in [6.07, 6.45) is 0. The first kappa shape index (κ1) is 12.6. The van der Waals surface area contributed by atoms with E-state index in [0.717, 1.165) is 11.3 Å². The Kier molecular flexibility index (Phi) is 4.22. The van der Waals surface area contributed by atoms with Crippen molar-refractivity contribution in [2.45, 2.75) is 6.92 Å². The topological polar surface area (TPSA) is 38.8 Å². The molecule has 0 aromatic heterocycles. The molecular weight excluding hydrogens is 333 g/mol. The maximum atomic E-state index is 12.2. The molecule has 0 saturated carbocycles. The van der Waals surface area contributed by atoms with Crippen LogP contribution in [0.3, 0.4) is 0 Å². The number of ether oxygens (including phenoxy) is 1. The minimum absolute atomic E-state index is 0.0444.